The lowest BCUT2D eigenvalue weighted by Gasteiger charge is -2.35. The molecule has 0 saturated heterocycles. The van der Waals surface area contributed by atoms with Gasteiger partial charge in [-0.05, 0) is 42.5 Å². The fraction of sp³-hybridized carbons (Fsp3) is 0.273. The first-order chi connectivity index (χ1) is 17.5. The number of carbonyl (C=O) groups is 2. The molecule has 1 heterocycles. The molecule has 0 unspecified atom stereocenters. The SMILES string of the molecule is C=C(OC(=O)Nc1ccc2c(c1)N(S(=O)(=O)c1ccc(F)cc1)C[C@H](CNC(C)=O)O2)C(F)(F)C(F)(F)F. The molecule has 38 heavy (non-hydrogen) atoms. The van der Waals surface area contributed by atoms with Gasteiger partial charge in [0.05, 0.1) is 23.7 Å². The number of fused-ring (bicyclic) bond motifs is 1. The Hall–Kier alpha value is -3.95. The van der Waals surface area contributed by atoms with Gasteiger partial charge in [-0.25, -0.2) is 17.6 Å². The number of nitrogens with zero attached hydrogens (tertiary/aromatic N) is 1. The zero-order valence-electron chi connectivity index (χ0n) is 19.3. The smallest absolute Gasteiger partial charge is 0.461 e. The minimum atomic E-state index is -6.06. The van der Waals surface area contributed by atoms with E-state index in [9.17, 15) is 44.3 Å². The number of hydrogen-bond donors (Lipinski definition) is 2. The van der Waals surface area contributed by atoms with Crippen LogP contribution in [-0.4, -0.2) is 51.7 Å². The standard InChI is InChI=1S/C22H19F6N3O6S/c1-12(21(24,25)22(26,27)28)36-20(33)30-15-5-8-19-18(9-15)31(11-16(37-19)10-29-13(2)32)38(34,35)17-6-3-14(23)4-7-17/h3-9,16H,1,10-11H2,2H3,(H,29,32)(H,30,33)/t16-/m0/s1. The van der Waals surface area contributed by atoms with Crippen LogP contribution in [0.25, 0.3) is 0 Å². The van der Waals surface area contributed by atoms with Crippen LogP contribution in [0.2, 0.25) is 0 Å². The third kappa shape index (κ3) is 6.12. The second kappa shape index (κ2) is 10.4. The van der Waals surface area contributed by atoms with E-state index in [2.05, 4.69) is 16.6 Å². The second-order valence-electron chi connectivity index (χ2n) is 7.86. The first-order valence-corrected chi connectivity index (χ1v) is 11.9. The average Bonchev–Trinajstić information content (AvgIpc) is 2.81. The highest BCUT2D eigenvalue weighted by Gasteiger charge is 2.61. The zero-order valence-corrected chi connectivity index (χ0v) is 20.1. The monoisotopic (exact) mass is 567 g/mol. The van der Waals surface area contributed by atoms with E-state index in [0.717, 1.165) is 40.7 Å². The second-order valence-corrected chi connectivity index (χ2v) is 9.72. The van der Waals surface area contributed by atoms with Gasteiger partial charge >= 0.3 is 18.2 Å². The van der Waals surface area contributed by atoms with Crippen LogP contribution in [0.4, 0.5) is 42.5 Å². The minimum Gasteiger partial charge on any atom is -0.484 e. The molecule has 0 radical (unpaired) electrons. The first kappa shape index (κ1) is 28.6. The molecule has 2 aromatic carbocycles. The number of halogens is 6. The molecule has 0 aromatic heterocycles. The minimum absolute atomic E-state index is 0.0378. The lowest BCUT2D eigenvalue weighted by molar-refractivity contribution is -0.273. The third-order valence-electron chi connectivity index (χ3n) is 5.04. The van der Waals surface area contributed by atoms with Crippen LogP contribution < -0.4 is 19.7 Å². The molecule has 206 valence electrons. The highest BCUT2D eigenvalue weighted by atomic mass is 32.2. The lowest BCUT2D eigenvalue weighted by Crippen LogP contribution is -2.48. The van der Waals surface area contributed by atoms with E-state index in [1.54, 1.807) is 0 Å². The average molecular weight is 567 g/mol. The molecule has 2 aromatic rings. The Labute approximate surface area is 212 Å². The van der Waals surface area contributed by atoms with Crippen LogP contribution in [-0.2, 0) is 19.6 Å². The molecule has 9 nitrogen and oxygen atoms in total. The lowest BCUT2D eigenvalue weighted by atomic mass is 10.2. The van der Waals surface area contributed by atoms with Crippen molar-refractivity contribution in [3.8, 4) is 5.75 Å². The fourth-order valence-corrected chi connectivity index (χ4v) is 4.69. The Morgan fingerprint density at radius 1 is 1.13 bits per heavy atom. The van der Waals surface area contributed by atoms with Crippen molar-refractivity contribution < 1.29 is 53.8 Å². The van der Waals surface area contributed by atoms with E-state index in [1.807, 2.05) is 5.32 Å². The number of carbonyl (C=O) groups excluding carboxylic acids is 2. The molecular weight excluding hydrogens is 548 g/mol. The van der Waals surface area contributed by atoms with Gasteiger partial charge in [0.2, 0.25) is 5.91 Å². The molecule has 0 saturated carbocycles. The van der Waals surface area contributed by atoms with Crippen molar-refractivity contribution in [3.05, 3.63) is 60.6 Å². The first-order valence-electron chi connectivity index (χ1n) is 10.5. The number of rotatable bonds is 7. The summed E-state index contributed by atoms with van der Waals surface area (Å²) in [6.07, 6.45) is -8.69. The van der Waals surface area contributed by atoms with Gasteiger partial charge in [-0.1, -0.05) is 6.58 Å². The third-order valence-corrected chi connectivity index (χ3v) is 6.83. The van der Waals surface area contributed by atoms with Crippen LogP contribution in [0, 0.1) is 5.82 Å². The Kier molecular flexibility index (Phi) is 7.86. The molecular formula is C22H19F6N3O6S. The number of amides is 2. The number of ether oxygens (including phenoxy) is 2. The Morgan fingerprint density at radius 2 is 1.76 bits per heavy atom. The molecule has 3 rings (SSSR count). The summed E-state index contributed by atoms with van der Waals surface area (Å²) in [5, 5.41) is 4.40. The molecule has 0 fully saturated rings. The summed E-state index contributed by atoms with van der Waals surface area (Å²) >= 11 is 0. The summed E-state index contributed by atoms with van der Waals surface area (Å²) in [4.78, 5) is 23.0. The number of benzene rings is 2. The van der Waals surface area contributed by atoms with Crippen molar-refractivity contribution in [2.75, 3.05) is 22.7 Å². The summed E-state index contributed by atoms with van der Waals surface area (Å²) in [7, 11) is -4.37. The van der Waals surface area contributed by atoms with Gasteiger partial charge in [0.25, 0.3) is 10.0 Å². The number of nitrogens with one attached hydrogen (secondary N) is 2. The Balaban J connectivity index is 1.91. The van der Waals surface area contributed by atoms with Gasteiger partial charge in [-0.15, -0.1) is 0 Å². The molecule has 0 bridgehead atoms. The maximum Gasteiger partial charge on any atom is 0.461 e. The predicted molar refractivity (Wildman–Crippen MR) is 121 cm³/mol. The van der Waals surface area contributed by atoms with Gasteiger partial charge in [-0.3, -0.25) is 14.4 Å². The van der Waals surface area contributed by atoms with Crippen LogP contribution in [0.15, 0.2) is 59.7 Å². The maximum absolute atomic E-state index is 13.4. The highest BCUT2D eigenvalue weighted by Crippen LogP contribution is 2.41. The molecule has 1 aliphatic rings. The number of anilines is 2. The highest BCUT2D eigenvalue weighted by molar-refractivity contribution is 7.92. The number of hydrogen-bond acceptors (Lipinski definition) is 6. The molecule has 2 amide bonds. The number of allylic oxidation sites excluding steroid dienone is 1. The Morgan fingerprint density at radius 3 is 2.34 bits per heavy atom. The van der Waals surface area contributed by atoms with Crippen molar-refractivity contribution in [2.24, 2.45) is 0 Å². The summed E-state index contributed by atoms with van der Waals surface area (Å²) in [6.45, 7) is 3.24. The summed E-state index contributed by atoms with van der Waals surface area (Å²) in [5.74, 6) is -8.84. The van der Waals surface area contributed by atoms with Gasteiger partial charge < -0.3 is 14.8 Å². The summed E-state index contributed by atoms with van der Waals surface area (Å²) in [6, 6.07) is 7.21. The molecule has 0 spiro atoms. The van der Waals surface area contributed by atoms with Gasteiger partial charge in [0, 0.05) is 12.6 Å². The fourth-order valence-electron chi connectivity index (χ4n) is 3.19. The van der Waals surface area contributed by atoms with E-state index >= 15 is 0 Å². The predicted octanol–water partition coefficient (Wildman–Crippen LogP) is 4.18. The van der Waals surface area contributed by atoms with Crippen LogP contribution in [0.3, 0.4) is 0 Å². The zero-order chi connectivity index (χ0) is 28.5. The normalized spacial score (nSPS) is 15.7. The molecule has 2 N–H and O–H groups in total. The Bertz CT molecular complexity index is 1350. The van der Waals surface area contributed by atoms with Crippen molar-refractivity contribution >= 4 is 33.4 Å². The van der Waals surface area contributed by atoms with Gasteiger partial charge in [0.15, 0.2) is 5.76 Å². The van der Waals surface area contributed by atoms with Gasteiger partial charge in [0.1, 0.15) is 17.7 Å². The number of sulfonamides is 1. The quantitative estimate of drug-likeness (QED) is 0.384. The van der Waals surface area contributed by atoms with Crippen LogP contribution >= 0.6 is 0 Å². The van der Waals surface area contributed by atoms with E-state index in [4.69, 9.17) is 4.74 Å². The summed E-state index contributed by atoms with van der Waals surface area (Å²) < 4.78 is 115. The van der Waals surface area contributed by atoms with Crippen molar-refractivity contribution in [1.82, 2.24) is 5.32 Å². The molecule has 0 aliphatic carbocycles. The van der Waals surface area contributed by atoms with Crippen molar-refractivity contribution in [1.29, 1.82) is 0 Å². The molecule has 1 atom stereocenters. The van der Waals surface area contributed by atoms with Gasteiger partial charge in [-0.2, -0.15) is 22.0 Å². The number of alkyl halides is 5. The molecule has 16 heteroatoms. The maximum atomic E-state index is 13.4. The van der Waals surface area contributed by atoms with E-state index in [0.29, 0.717) is 0 Å². The summed E-state index contributed by atoms with van der Waals surface area (Å²) in [5.41, 5.74) is -0.425. The topological polar surface area (TPSA) is 114 Å². The van der Waals surface area contributed by atoms with Crippen LogP contribution in [0.1, 0.15) is 6.92 Å². The molecule has 1 aliphatic heterocycles. The van der Waals surface area contributed by atoms with Crippen LogP contribution in [0.5, 0.6) is 5.75 Å². The largest absolute Gasteiger partial charge is 0.484 e. The van der Waals surface area contributed by atoms with E-state index in [1.165, 1.54) is 13.0 Å². The van der Waals surface area contributed by atoms with E-state index < -0.39 is 51.8 Å². The van der Waals surface area contributed by atoms with E-state index in [-0.39, 0.29) is 35.1 Å². The van der Waals surface area contributed by atoms with Crippen molar-refractivity contribution in [2.45, 2.75) is 30.0 Å². The van der Waals surface area contributed by atoms with Crippen molar-refractivity contribution in [3.63, 3.8) is 0 Å².